The molecule has 28 heavy (non-hydrogen) atoms. The third kappa shape index (κ3) is 3.17. The Kier molecular flexibility index (Phi) is 4.90. The number of Topliss-reactive ketones (excluding diaryl/α,β-unsaturated/α-hetero) is 1. The number of ether oxygens (including phenoxy) is 1. The number of pyridine rings is 1. The van der Waals surface area contributed by atoms with Gasteiger partial charge in [0, 0.05) is 41.7 Å². The summed E-state index contributed by atoms with van der Waals surface area (Å²) in [7, 11) is 1.37. The number of rotatable bonds is 3. The van der Waals surface area contributed by atoms with Crippen molar-refractivity contribution in [1.29, 1.82) is 0 Å². The maximum Gasteiger partial charge on any atom is 0.315 e. The monoisotopic (exact) mass is 374 g/mol. The van der Waals surface area contributed by atoms with Gasteiger partial charge in [-0.3, -0.25) is 19.6 Å². The second-order valence-corrected chi connectivity index (χ2v) is 7.31. The molecule has 0 amide bonds. The molecule has 2 heterocycles. The molecule has 0 bridgehead atoms. The quantitative estimate of drug-likeness (QED) is 0.766. The van der Waals surface area contributed by atoms with Gasteiger partial charge in [-0.2, -0.15) is 0 Å². The van der Waals surface area contributed by atoms with Crippen LogP contribution in [0.2, 0.25) is 0 Å². The summed E-state index contributed by atoms with van der Waals surface area (Å²) in [5.74, 6) is -1.18. The highest BCUT2D eigenvalue weighted by Gasteiger charge is 2.44. The van der Waals surface area contributed by atoms with Gasteiger partial charge in [0.25, 0.3) is 0 Å². The molecular formula is C23H22N2O3. The SMILES string of the molecule is COC(=O)C1C(C)=NC2=C(C(=O)C[C@H](c3ccccc3)C2)[C@H]1c1ccncc1. The highest BCUT2D eigenvalue weighted by molar-refractivity contribution is 6.09. The molecule has 0 spiro atoms. The number of aromatic nitrogens is 1. The molecular weight excluding hydrogens is 352 g/mol. The molecule has 0 saturated heterocycles. The van der Waals surface area contributed by atoms with Gasteiger partial charge >= 0.3 is 5.97 Å². The van der Waals surface area contributed by atoms with Crippen LogP contribution in [-0.4, -0.2) is 29.6 Å². The van der Waals surface area contributed by atoms with E-state index in [4.69, 9.17) is 9.73 Å². The minimum atomic E-state index is -0.594. The normalized spacial score (nSPS) is 24.4. The molecule has 1 aromatic carbocycles. The fraction of sp³-hybridized carbons (Fsp3) is 0.304. The van der Waals surface area contributed by atoms with Gasteiger partial charge in [-0.05, 0) is 42.5 Å². The van der Waals surface area contributed by atoms with Gasteiger partial charge in [0.05, 0.1) is 7.11 Å². The fourth-order valence-electron chi connectivity index (χ4n) is 4.38. The topological polar surface area (TPSA) is 68.6 Å². The van der Waals surface area contributed by atoms with Crippen LogP contribution in [0.25, 0.3) is 0 Å². The lowest BCUT2D eigenvalue weighted by atomic mass is 9.69. The first-order valence-electron chi connectivity index (χ1n) is 9.44. The smallest absolute Gasteiger partial charge is 0.315 e. The first kappa shape index (κ1) is 18.3. The second kappa shape index (κ2) is 7.50. The van der Waals surface area contributed by atoms with Crippen LogP contribution in [0.4, 0.5) is 0 Å². The van der Waals surface area contributed by atoms with Crippen molar-refractivity contribution in [2.24, 2.45) is 10.9 Å². The van der Waals surface area contributed by atoms with E-state index in [2.05, 4.69) is 17.1 Å². The summed E-state index contributed by atoms with van der Waals surface area (Å²) in [6.45, 7) is 1.84. The van der Waals surface area contributed by atoms with E-state index >= 15 is 0 Å². The van der Waals surface area contributed by atoms with E-state index in [0.29, 0.717) is 24.1 Å². The van der Waals surface area contributed by atoms with Gasteiger partial charge in [0.2, 0.25) is 0 Å². The van der Waals surface area contributed by atoms with E-state index in [9.17, 15) is 9.59 Å². The van der Waals surface area contributed by atoms with Gasteiger partial charge in [0.15, 0.2) is 5.78 Å². The standard InChI is InChI=1S/C23H22N2O3/c1-14-20(23(27)28-2)21(16-8-10-24-11-9-16)22-18(25-14)12-17(13-19(22)26)15-6-4-3-5-7-15/h3-11,17,20-21H,12-13H2,1-2H3/t17-,20?,21+/m1/s1. The number of carbonyl (C=O) groups is 2. The number of aliphatic imine (C=N–C) groups is 1. The van der Waals surface area contributed by atoms with Crippen LogP contribution in [0.15, 0.2) is 71.1 Å². The lowest BCUT2D eigenvalue weighted by Gasteiger charge is -2.36. The first-order chi connectivity index (χ1) is 13.6. The minimum Gasteiger partial charge on any atom is -0.468 e. The van der Waals surface area contributed by atoms with Crippen molar-refractivity contribution in [3.8, 4) is 0 Å². The van der Waals surface area contributed by atoms with Crippen LogP contribution in [0, 0.1) is 5.92 Å². The molecule has 2 aliphatic rings. The van der Waals surface area contributed by atoms with Crippen LogP contribution in [0.5, 0.6) is 0 Å². The Morgan fingerprint density at radius 1 is 1.04 bits per heavy atom. The van der Waals surface area contributed by atoms with Crippen molar-refractivity contribution in [2.75, 3.05) is 7.11 Å². The number of carbonyl (C=O) groups excluding carboxylic acids is 2. The molecule has 4 rings (SSSR count). The summed E-state index contributed by atoms with van der Waals surface area (Å²) in [4.78, 5) is 34.6. The number of esters is 1. The molecule has 3 atom stereocenters. The molecule has 1 aliphatic carbocycles. The lowest BCUT2D eigenvalue weighted by molar-refractivity contribution is -0.143. The molecule has 0 fully saturated rings. The van der Waals surface area contributed by atoms with E-state index in [-0.39, 0.29) is 23.6 Å². The van der Waals surface area contributed by atoms with Crippen molar-refractivity contribution in [1.82, 2.24) is 4.98 Å². The van der Waals surface area contributed by atoms with Gasteiger partial charge in [0.1, 0.15) is 5.92 Å². The van der Waals surface area contributed by atoms with E-state index in [1.165, 1.54) is 7.11 Å². The van der Waals surface area contributed by atoms with Crippen molar-refractivity contribution in [2.45, 2.75) is 31.6 Å². The van der Waals surface area contributed by atoms with Crippen LogP contribution in [0.3, 0.4) is 0 Å². The predicted octanol–water partition coefficient (Wildman–Crippen LogP) is 3.83. The van der Waals surface area contributed by atoms with Crippen molar-refractivity contribution < 1.29 is 14.3 Å². The molecule has 1 aromatic heterocycles. The van der Waals surface area contributed by atoms with E-state index in [1.807, 2.05) is 37.3 Å². The highest BCUT2D eigenvalue weighted by atomic mass is 16.5. The maximum atomic E-state index is 13.3. The zero-order chi connectivity index (χ0) is 19.7. The molecule has 0 saturated carbocycles. The molecule has 5 heteroatoms. The molecule has 5 nitrogen and oxygen atoms in total. The summed E-state index contributed by atoms with van der Waals surface area (Å²) in [6.07, 6.45) is 4.49. The predicted molar refractivity (Wildman–Crippen MR) is 106 cm³/mol. The fourth-order valence-corrected chi connectivity index (χ4v) is 4.38. The Bertz CT molecular complexity index is 964. The number of allylic oxidation sites excluding steroid dienone is 2. The van der Waals surface area contributed by atoms with E-state index in [0.717, 1.165) is 16.8 Å². The van der Waals surface area contributed by atoms with Crippen LogP contribution in [0.1, 0.15) is 42.7 Å². The highest BCUT2D eigenvalue weighted by Crippen LogP contribution is 2.46. The third-order valence-corrected chi connectivity index (χ3v) is 5.68. The molecule has 0 N–H and O–H groups in total. The second-order valence-electron chi connectivity index (χ2n) is 7.31. The molecule has 1 unspecified atom stereocenters. The summed E-state index contributed by atoms with van der Waals surface area (Å²) < 4.78 is 5.05. The molecule has 1 aliphatic heterocycles. The first-order valence-corrected chi connectivity index (χ1v) is 9.44. The molecule has 2 aromatic rings. The number of hydrogen-bond acceptors (Lipinski definition) is 5. The van der Waals surface area contributed by atoms with Gasteiger partial charge < -0.3 is 4.74 Å². The van der Waals surface area contributed by atoms with Gasteiger partial charge in [-0.1, -0.05) is 30.3 Å². The van der Waals surface area contributed by atoms with E-state index < -0.39 is 5.92 Å². The zero-order valence-electron chi connectivity index (χ0n) is 16.0. The number of hydrogen-bond donors (Lipinski definition) is 0. The van der Waals surface area contributed by atoms with Gasteiger partial charge in [-0.15, -0.1) is 0 Å². The Labute approximate surface area is 164 Å². The van der Waals surface area contributed by atoms with Gasteiger partial charge in [-0.25, -0.2) is 0 Å². The summed E-state index contributed by atoms with van der Waals surface area (Å²) >= 11 is 0. The number of methoxy groups -OCH3 is 1. The Balaban J connectivity index is 1.81. The summed E-state index contributed by atoms with van der Waals surface area (Å²) in [5.41, 5.74) is 4.17. The summed E-state index contributed by atoms with van der Waals surface area (Å²) in [6, 6.07) is 13.8. The van der Waals surface area contributed by atoms with Crippen LogP contribution in [-0.2, 0) is 14.3 Å². The van der Waals surface area contributed by atoms with Crippen molar-refractivity contribution in [3.63, 3.8) is 0 Å². The lowest BCUT2D eigenvalue weighted by Crippen LogP contribution is -2.37. The maximum absolute atomic E-state index is 13.3. The Morgan fingerprint density at radius 3 is 2.43 bits per heavy atom. The largest absolute Gasteiger partial charge is 0.468 e. The number of benzene rings is 1. The van der Waals surface area contributed by atoms with Crippen molar-refractivity contribution >= 4 is 17.5 Å². The van der Waals surface area contributed by atoms with Crippen molar-refractivity contribution in [3.05, 3.63) is 77.3 Å². The molecule has 142 valence electrons. The Morgan fingerprint density at radius 2 is 1.75 bits per heavy atom. The average molecular weight is 374 g/mol. The number of nitrogens with zero attached hydrogens (tertiary/aromatic N) is 2. The molecule has 0 radical (unpaired) electrons. The number of ketones is 1. The van der Waals surface area contributed by atoms with Crippen LogP contribution < -0.4 is 0 Å². The summed E-state index contributed by atoms with van der Waals surface area (Å²) in [5, 5.41) is 0. The van der Waals surface area contributed by atoms with E-state index in [1.54, 1.807) is 12.4 Å². The average Bonchev–Trinajstić information content (AvgIpc) is 2.73. The zero-order valence-corrected chi connectivity index (χ0v) is 16.0. The van der Waals surface area contributed by atoms with Crippen LogP contribution >= 0.6 is 0 Å². The minimum absolute atomic E-state index is 0.0575. The third-order valence-electron chi connectivity index (χ3n) is 5.68. The Hall–Kier alpha value is -3.08.